The summed E-state index contributed by atoms with van der Waals surface area (Å²) in [5.41, 5.74) is 1.91. The largest absolute Gasteiger partial charge is 0.384 e. The molecule has 2 heteroatoms. The summed E-state index contributed by atoms with van der Waals surface area (Å²) < 4.78 is 0. The molecule has 0 amide bonds. The van der Waals surface area contributed by atoms with Crippen molar-refractivity contribution in [3.63, 3.8) is 0 Å². The lowest BCUT2D eigenvalue weighted by molar-refractivity contribution is 0.269. The average molecular weight is 278 g/mol. The molecule has 1 fully saturated rings. The highest BCUT2D eigenvalue weighted by Gasteiger charge is 2.21. The zero-order chi connectivity index (χ0) is 14.7. The van der Waals surface area contributed by atoms with Crippen LogP contribution in [0.15, 0.2) is 36.4 Å². The van der Waals surface area contributed by atoms with Crippen molar-refractivity contribution in [3.8, 4) is 6.07 Å². The van der Waals surface area contributed by atoms with Gasteiger partial charge in [-0.25, -0.2) is 0 Å². The van der Waals surface area contributed by atoms with Crippen molar-refractivity contribution in [2.45, 2.75) is 32.6 Å². The average Bonchev–Trinajstić information content (AvgIpc) is 2.54. The second-order valence-electron chi connectivity index (χ2n) is 6.22. The molecule has 0 radical (unpaired) electrons. The fourth-order valence-electron chi connectivity index (χ4n) is 3.49. The maximum absolute atomic E-state index is 9.22. The number of nitrogens with zero attached hydrogens (tertiary/aromatic N) is 1. The van der Waals surface area contributed by atoms with Crippen LogP contribution in [-0.4, -0.2) is 6.54 Å². The molecule has 1 N–H and O–H groups in total. The molecule has 0 aliphatic heterocycles. The molecule has 2 aromatic rings. The topological polar surface area (TPSA) is 35.8 Å². The van der Waals surface area contributed by atoms with Gasteiger partial charge in [-0.1, -0.05) is 50.5 Å². The fourth-order valence-corrected chi connectivity index (χ4v) is 3.49. The van der Waals surface area contributed by atoms with Crippen molar-refractivity contribution in [1.29, 1.82) is 5.26 Å². The Hall–Kier alpha value is -2.01. The first-order chi connectivity index (χ1) is 10.3. The Morgan fingerprint density at radius 1 is 1.10 bits per heavy atom. The summed E-state index contributed by atoms with van der Waals surface area (Å²) in [5, 5.41) is 15.1. The zero-order valence-electron chi connectivity index (χ0n) is 12.6. The molecule has 2 aromatic carbocycles. The highest BCUT2D eigenvalue weighted by Crippen LogP contribution is 2.31. The van der Waals surface area contributed by atoms with Gasteiger partial charge in [0.2, 0.25) is 0 Å². The van der Waals surface area contributed by atoms with Gasteiger partial charge in [-0.2, -0.15) is 5.26 Å². The molecule has 0 spiro atoms. The molecular weight excluding hydrogens is 256 g/mol. The van der Waals surface area contributed by atoms with Crippen LogP contribution in [0.4, 0.5) is 5.69 Å². The van der Waals surface area contributed by atoms with Crippen molar-refractivity contribution in [1.82, 2.24) is 0 Å². The summed E-state index contributed by atoms with van der Waals surface area (Å²) in [7, 11) is 0. The number of nitrogens with one attached hydrogen (secondary N) is 1. The molecular formula is C19H22N2. The predicted octanol–water partition coefficient (Wildman–Crippen LogP) is 4.95. The van der Waals surface area contributed by atoms with Gasteiger partial charge < -0.3 is 5.32 Å². The van der Waals surface area contributed by atoms with E-state index in [0.29, 0.717) is 0 Å². The van der Waals surface area contributed by atoms with Gasteiger partial charge in [0.05, 0.1) is 11.6 Å². The van der Waals surface area contributed by atoms with E-state index in [1.165, 1.54) is 25.7 Å². The maximum atomic E-state index is 9.22. The van der Waals surface area contributed by atoms with Crippen molar-refractivity contribution in [2.24, 2.45) is 11.8 Å². The lowest BCUT2D eigenvalue weighted by atomic mass is 9.80. The van der Waals surface area contributed by atoms with Crippen LogP contribution >= 0.6 is 0 Å². The first kappa shape index (κ1) is 13.9. The number of nitriles is 1. The first-order valence-electron chi connectivity index (χ1n) is 7.95. The van der Waals surface area contributed by atoms with E-state index in [4.69, 9.17) is 0 Å². The number of anilines is 1. The summed E-state index contributed by atoms with van der Waals surface area (Å²) in [6.07, 6.45) is 5.45. The van der Waals surface area contributed by atoms with Gasteiger partial charge in [0.1, 0.15) is 0 Å². The molecule has 0 bridgehead atoms. The van der Waals surface area contributed by atoms with Gasteiger partial charge in [-0.05, 0) is 30.4 Å². The van der Waals surface area contributed by atoms with Gasteiger partial charge in [0, 0.05) is 23.0 Å². The molecule has 1 aliphatic rings. The fraction of sp³-hybridized carbons (Fsp3) is 0.421. The Bertz CT molecular complexity index is 669. The van der Waals surface area contributed by atoms with Gasteiger partial charge in [0.15, 0.2) is 0 Å². The van der Waals surface area contributed by atoms with Gasteiger partial charge in [-0.15, -0.1) is 0 Å². The number of benzene rings is 2. The van der Waals surface area contributed by atoms with Crippen molar-refractivity contribution in [2.75, 3.05) is 11.9 Å². The molecule has 3 rings (SSSR count). The predicted molar refractivity (Wildman–Crippen MR) is 88.3 cm³/mol. The lowest BCUT2D eigenvalue weighted by Crippen LogP contribution is -2.24. The number of fused-ring (bicyclic) bond motifs is 1. The van der Waals surface area contributed by atoms with Gasteiger partial charge in [-0.3, -0.25) is 0 Å². The number of hydrogen-bond acceptors (Lipinski definition) is 2. The summed E-state index contributed by atoms with van der Waals surface area (Å²) in [4.78, 5) is 0. The molecule has 1 aliphatic carbocycles. The normalized spacial score (nSPS) is 21.9. The van der Waals surface area contributed by atoms with E-state index in [1.807, 2.05) is 30.3 Å². The quantitative estimate of drug-likeness (QED) is 0.862. The van der Waals surface area contributed by atoms with Crippen LogP contribution in [0.2, 0.25) is 0 Å². The highest BCUT2D eigenvalue weighted by atomic mass is 14.9. The second-order valence-corrected chi connectivity index (χ2v) is 6.22. The third-order valence-corrected chi connectivity index (χ3v) is 4.89. The molecule has 2 nitrogen and oxygen atoms in total. The van der Waals surface area contributed by atoms with E-state index in [1.54, 1.807) is 0 Å². The Morgan fingerprint density at radius 3 is 2.62 bits per heavy atom. The van der Waals surface area contributed by atoms with Crippen LogP contribution in [0.3, 0.4) is 0 Å². The second kappa shape index (κ2) is 6.18. The number of rotatable bonds is 3. The Kier molecular flexibility index (Phi) is 4.10. The van der Waals surface area contributed by atoms with Crippen LogP contribution in [0.5, 0.6) is 0 Å². The number of hydrogen-bond donors (Lipinski definition) is 1. The summed E-state index contributed by atoms with van der Waals surface area (Å²) in [6, 6.07) is 14.4. The van der Waals surface area contributed by atoms with E-state index in [9.17, 15) is 5.26 Å². The molecule has 2 unspecified atom stereocenters. The van der Waals surface area contributed by atoms with Crippen molar-refractivity contribution >= 4 is 16.5 Å². The molecule has 2 atom stereocenters. The van der Waals surface area contributed by atoms with Crippen LogP contribution in [0.1, 0.15) is 38.2 Å². The molecule has 108 valence electrons. The minimum Gasteiger partial charge on any atom is -0.384 e. The lowest BCUT2D eigenvalue weighted by Gasteiger charge is -2.29. The molecule has 21 heavy (non-hydrogen) atoms. The first-order valence-corrected chi connectivity index (χ1v) is 7.95. The van der Waals surface area contributed by atoms with E-state index in [-0.39, 0.29) is 0 Å². The van der Waals surface area contributed by atoms with Crippen LogP contribution in [0, 0.1) is 23.2 Å². The van der Waals surface area contributed by atoms with Crippen LogP contribution in [-0.2, 0) is 0 Å². The molecule has 0 heterocycles. The monoisotopic (exact) mass is 278 g/mol. The van der Waals surface area contributed by atoms with E-state index in [0.717, 1.165) is 40.4 Å². The third-order valence-electron chi connectivity index (χ3n) is 4.89. The van der Waals surface area contributed by atoms with Crippen LogP contribution < -0.4 is 5.32 Å². The third kappa shape index (κ3) is 2.88. The minimum absolute atomic E-state index is 0.752. The zero-order valence-corrected chi connectivity index (χ0v) is 12.6. The van der Waals surface area contributed by atoms with Gasteiger partial charge >= 0.3 is 0 Å². The van der Waals surface area contributed by atoms with Crippen molar-refractivity contribution in [3.05, 3.63) is 42.0 Å². The minimum atomic E-state index is 0.752. The van der Waals surface area contributed by atoms with Crippen LogP contribution in [0.25, 0.3) is 10.8 Å². The van der Waals surface area contributed by atoms with E-state index < -0.39 is 0 Å². The van der Waals surface area contributed by atoms with Gasteiger partial charge in [0.25, 0.3) is 0 Å². The smallest absolute Gasteiger partial charge is 0.0998 e. The maximum Gasteiger partial charge on any atom is 0.0998 e. The Labute approximate surface area is 126 Å². The summed E-state index contributed by atoms with van der Waals surface area (Å²) in [6.45, 7) is 3.42. The van der Waals surface area contributed by atoms with E-state index in [2.05, 4.69) is 24.4 Å². The molecule has 1 saturated carbocycles. The Morgan fingerprint density at radius 2 is 1.86 bits per heavy atom. The summed E-state index contributed by atoms with van der Waals surface area (Å²) in [5.74, 6) is 1.59. The van der Waals surface area contributed by atoms with Crippen molar-refractivity contribution < 1.29 is 0 Å². The molecule has 0 aromatic heterocycles. The molecule has 0 saturated heterocycles. The summed E-state index contributed by atoms with van der Waals surface area (Å²) >= 11 is 0. The standard InChI is InChI=1S/C19H22N2/c1-14-6-2-3-7-16(14)13-21-19-11-10-15(12-20)17-8-4-5-9-18(17)19/h4-5,8-11,14,16,21H,2-3,6-7,13H2,1H3. The SMILES string of the molecule is CC1CCCCC1CNc1ccc(C#N)c2ccccc12. The highest BCUT2D eigenvalue weighted by molar-refractivity contribution is 5.97. The van der Waals surface area contributed by atoms with E-state index >= 15 is 0 Å². The Balaban J connectivity index is 1.83.